The van der Waals surface area contributed by atoms with Gasteiger partial charge in [0.05, 0.1) is 6.20 Å². The third kappa shape index (κ3) is 3.23. The van der Waals surface area contributed by atoms with E-state index in [2.05, 4.69) is 37.5 Å². The van der Waals surface area contributed by atoms with Crippen LogP contribution in [0.5, 0.6) is 0 Å². The second-order valence-corrected chi connectivity index (χ2v) is 5.03. The first-order valence-corrected chi connectivity index (χ1v) is 7.14. The number of aromatic nitrogens is 3. The van der Waals surface area contributed by atoms with Crippen LogP contribution in [0.25, 0.3) is 0 Å². The van der Waals surface area contributed by atoms with Gasteiger partial charge in [0.15, 0.2) is 5.82 Å². The van der Waals surface area contributed by atoms with E-state index in [0.717, 1.165) is 18.9 Å². The molecule has 104 valence electrons. The van der Waals surface area contributed by atoms with Crippen molar-refractivity contribution in [2.75, 3.05) is 23.3 Å². The van der Waals surface area contributed by atoms with Crippen LogP contribution in [-0.4, -0.2) is 28.3 Å². The molecule has 1 fully saturated rings. The van der Waals surface area contributed by atoms with Gasteiger partial charge in [-0.2, -0.15) is 10.1 Å². The molecular formula is C15H19N5. The highest BCUT2D eigenvalue weighted by atomic mass is 15.3. The lowest BCUT2D eigenvalue weighted by Gasteiger charge is -2.27. The van der Waals surface area contributed by atoms with Gasteiger partial charge in [-0.1, -0.05) is 30.3 Å². The lowest BCUT2D eigenvalue weighted by molar-refractivity contribution is 0.572. The van der Waals surface area contributed by atoms with E-state index in [9.17, 15) is 0 Å². The van der Waals surface area contributed by atoms with Gasteiger partial charge in [0, 0.05) is 19.6 Å². The van der Waals surface area contributed by atoms with Gasteiger partial charge in [-0.05, 0) is 24.8 Å². The van der Waals surface area contributed by atoms with E-state index in [1.165, 1.54) is 24.8 Å². The fourth-order valence-corrected chi connectivity index (χ4v) is 2.42. The minimum absolute atomic E-state index is 0.594. The van der Waals surface area contributed by atoms with Crippen molar-refractivity contribution in [2.24, 2.45) is 0 Å². The van der Waals surface area contributed by atoms with Crippen molar-refractivity contribution < 1.29 is 0 Å². The molecule has 2 aromatic rings. The first kappa shape index (κ1) is 12.8. The third-order valence-corrected chi connectivity index (χ3v) is 3.52. The molecule has 0 radical (unpaired) electrons. The molecule has 1 N–H and O–H groups in total. The summed E-state index contributed by atoms with van der Waals surface area (Å²) in [5, 5.41) is 11.3. The summed E-state index contributed by atoms with van der Waals surface area (Å²) < 4.78 is 0. The Kier molecular flexibility index (Phi) is 4.06. The Morgan fingerprint density at radius 1 is 1.05 bits per heavy atom. The van der Waals surface area contributed by atoms with Crippen molar-refractivity contribution in [3.63, 3.8) is 0 Å². The van der Waals surface area contributed by atoms with Gasteiger partial charge >= 0.3 is 0 Å². The topological polar surface area (TPSA) is 53.9 Å². The lowest BCUT2D eigenvalue weighted by Crippen LogP contribution is -2.30. The van der Waals surface area contributed by atoms with Crippen molar-refractivity contribution in [2.45, 2.75) is 25.8 Å². The summed E-state index contributed by atoms with van der Waals surface area (Å²) in [6.45, 7) is 2.85. The van der Waals surface area contributed by atoms with E-state index in [4.69, 9.17) is 0 Å². The van der Waals surface area contributed by atoms with Crippen molar-refractivity contribution in [3.05, 3.63) is 42.1 Å². The van der Waals surface area contributed by atoms with Crippen molar-refractivity contribution in [1.82, 2.24) is 15.2 Å². The number of nitrogens with zero attached hydrogens (tertiary/aromatic N) is 4. The van der Waals surface area contributed by atoms with E-state index in [1.807, 2.05) is 18.2 Å². The number of hydrogen-bond donors (Lipinski definition) is 1. The lowest BCUT2D eigenvalue weighted by atomic mass is 10.1. The number of hydrogen-bond acceptors (Lipinski definition) is 5. The molecule has 20 heavy (non-hydrogen) atoms. The van der Waals surface area contributed by atoms with Crippen molar-refractivity contribution >= 4 is 11.8 Å². The van der Waals surface area contributed by atoms with E-state index in [1.54, 1.807) is 6.20 Å². The molecule has 1 aromatic heterocycles. The minimum atomic E-state index is 0.594. The first-order chi connectivity index (χ1) is 9.92. The van der Waals surface area contributed by atoms with Gasteiger partial charge in [-0.25, -0.2) is 0 Å². The Bertz CT molecular complexity index is 537. The average Bonchev–Trinajstić information content (AvgIpc) is 2.55. The molecule has 1 aromatic carbocycles. The monoisotopic (exact) mass is 269 g/mol. The Morgan fingerprint density at radius 3 is 2.65 bits per heavy atom. The summed E-state index contributed by atoms with van der Waals surface area (Å²) in [5.74, 6) is 1.52. The Hall–Kier alpha value is -2.17. The van der Waals surface area contributed by atoms with Crippen molar-refractivity contribution in [3.8, 4) is 0 Å². The average molecular weight is 269 g/mol. The highest BCUT2D eigenvalue weighted by molar-refractivity contribution is 5.40. The van der Waals surface area contributed by atoms with Crippen LogP contribution in [0, 0.1) is 0 Å². The molecule has 0 amide bonds. The molecule has 0 atom stereocenters. The van der Waals surface area contributed by atoms with E-state index in [0.29, 0.717) is 12.5 Å². The number of nitrogens with one attached hydrogen (secondary N) is 1. The molecule has 5 heteroatoms. The molecule has 1 aliphatic heterocycles. The first-order valence-electron chi connectivity index (χ1n) is 7.14. The second kappa shape index (κ2) is 6.32. The maximum atomic E-state index is 4.55. The predicted molar refractivity (Wildman–Crippen MR) is 79.7 cm³/mol. The van der Waals surface area contributed by atoms with Crippen LogP contribution >= 0.6 is 0 Å². The van der Waals surface area contributed by atoms with Crippen molar-refractivity contribution in [1.29, 1.82) is 0 Å². The fourth-order valence-electron chi connectivity index (χ4n) is 2.42. The Labute approximate surface area is 119 Å². The quantitative estimate of drug-likeness (QED) is 0.924. The van der Waals surface area contributed by atoms with Gasteiger partial charge < -0.3 is 10.2 Å². The van der Waals surface area contributed by atoms with Crippen LogP contribution < -0.4 is 10.2 Å². The number of piperidine rings is 1. The standard InChI is InChI=1S/C15H19N5/c1-3-7-13(8-4-1)11-16-15-18-14(12-17-19-15)20-9-5-2-6-10-20/h1,3-4,7-8,12H,2,5-6,9-11H2,(H,16,18,19). The summed E-state index contributed by atoms with van der Waals surface area (Å²) >= 11 is 0. The zero-order valence-electron chi connectivity index (χ0n) is 11.5. The van der Waals surface area contributed by atoms with Crippen LogP contribution in [0.4, 0.5) is 11.8 Å². The van der Waals surface area contributed by atoms with Crippen LogP contribution in [0.2, 0.25) is 0 Å². The minimum Gasteiger partial charge on any atom is -0.355 e. The Balaban J connectivity index is 1.65. The van der Waals surface area contributed by atoms with E-state index < -0.39 is 0 Å². The van der Waals surface area contributed by atoms with Gasteiger partial charge in [0.2, 0.25) is 5.95 Å². The molecule has 0 saturated carbocycles. The largest absolute Gasteiger partial charge is 0.355 e. The number of anilines is 2. The van der Waals surface area contributed by atoms with E-state index >= 15 is 0 Å². The molecule has 3 rings (SSSR count). The SMILES string of the molecule is c1ccc(CNc2nncc(N3CCCCC3)n2)cc1. The zero-order valence-corrected chi connectivity index (χ0v) is 11.5. The maximum absolute atomic E-state index is 4.55. The molecular weight excluding hydrogens is 250 g/mol. The van der Waals surface area contributed by atoms with Crippen LogP contribution in [0.1, 0.15) is 24.8 Å². The number of rotatable bonds is 4. The highest BCUT2D eigenvalue weighted by Gasteiger charge is 2.13. The zero-order chi connectivity index (χ0) is 13.6. The normalized spacial score (nSPS) is 15.1. The Morgan fingerprint density at radius 2 is 1.85 bits per heavy atom. The second-order valence-electron chi connectivity index (χ2n) is 5.03. The van der Waals surface area contributed by atoms with Gasteiger partial charge in [-0.3, -0.25) is 0 Å². The highest BCUT2D eigenvalue weighted by Crippen LogP contribution is 2.17. The molecule has 1 aliphatic rings. The molecule has 5 nitrogen and oxygen atoms in total. The van der Waals surface area contributed by atoms with E-state index in [-0.39, 0.29) is 0 Å². The molecule has 0 unspecified atom stereocenters. The third-order valence-electron chi connectivity index (χ3n) is 3.52. The van der Waals surface area contributed by atoms with Gasteiger partial charge in [0.1, 0.15) is 0 Å². The molecule has 0 spiro atoms. The summed E-state index contributed by atoms with van der Waals surface area (Å²) in [5.41, 5.74) is 1.21. The van der Waals surface area contributed by atoms with Gasteiger partial charge in [0.25, 0.3) is 0 Å². The fraction of sp³-hybridized carbons (Fsp3) is 0.400. The summed E-state index contributed by atoms with van der Waals surface area (Å²) in [7, 11) is 0. The van der Waals surface area contributed by atoms with Gasteiger partial charge in [-0.15, -0.1) is 5.10 Å². The number of benzene rings is 1. The van der Waals surface area contributed by atoms with Crippen LogP contribution in [0.15, 0.2) is 36.5 Å². The molecule has 0 aliphatic carbocycles. The smallest absolute Gasteiger partial charge is 0.244 e. The molecule has 1 saturated heterocycles. The summed E-state index contributed by atoms with van der Waals surface area (Å²) in [6.07, 6.45) is 5.53. The van der Waals surface area contributed by atoms with Crippen LogP contribution in [-0.2, 0) is 6.54 Å². The maximum Gasteiger partial charge on any atom is 0.244 e. The molecule has 2 heterocycles. The molecule has 0 bridgehead atoms. The van der Waals surface area contributed by atoms with Crippen LogP contribution in [0.3, 0.4) is 0 Å². The predicted octanol–water partition coefficient (Wildman–Crippen LogP) is 2.47. The summed E-state index contributed by atoms with van der Waals surface area (Å²) in [4.78, 5) is 6.84. The summed E-state index contributed by atoms with van der Waals surface area (Å²) in [6, 6.07) is 10.2.